The van der Waals surface area contributed by atoms with Gasteiger partial charge in [-0.15, -0.1) is 0 Å². The first-order chi connectivity index (χ1) is 7.63. The molecular weight excluding hydrogens is 210 g/mol. The molecule has 1 unspecified atom stereocenters. The van der Waals surface area contributed by atoms with Crippen LogP contribution in [0.4, 0.5) is 4.79 Å². The van der Waals surface area contributed by atoms with Gasteiger partial charge in [-0.05, 0) is 13.8 Å². The summed E-state index contributed by atoms with van der Waals surface area (Å²) in [6.45, 7) is 6.80. The molecule has 1 atom stereocenters. The molecule has 1 aliphatic rings. The summed E-state index contributed by atoms with van der Waals surface area (Å²) < 4.78 is 4.63. The number of amides is 2. The van der Waals surface area contributed by atoms with Gasteiger partial charge in [0.1, 0.15) is 0 Å². The molecule has 0 saturated carbocycles. The maximum atomic E-state index is 11.5. The Morgan fingerprint density at radius 2 is 2.31 bits per heavy atom. The number of hydrogen-bond acceptors (Lipinski definition) is 5. The van der Waals surface area contributed by atoms with Crippen molar-refractivity contribution in [3.05, 3.63) is 0 Å². The van der Waals surface area contributed by atoms with E-state index in [-0.39, 0.29) is 19.1 Å². The van der Waals surface area contributed by atoms with Crippen LogP contribution in [0.5, 0.6) is 0 Å². The summed E-state index contributed by atoms with van der Waals surface area (Å²) in [4.78, 5) is 24.5. The Labute approximate surface area is 95.3 Å². The van der Waals surface area contributed by atoms with Gasteiger partial charge in [-0.1, -0.05) is 0 Å². The average molecular weight is 229 g/mol. The number of nitrogens with zero attached hydrogens (tertiary/aromatic N) is 1. The number of nitrogens with one attached hydrogen (secondary N) is 2. The molecule has 0 spiro atoms. The third-order valence-electron chi connectivity index (χ3n) is 2.50. The third-order valence-corrected chi connectivity index (χ3v) is 2.50. The van der Waals surface area contributed by atoms with E-state index >= 15 is 0 Å². The van der Waals surface area contributed by atoms with Crippen LogP contribution in [0, 0.1) is 0 Å². The van der Waals surface area contributed by atoms with Gasteiger partial charge >= 0.3 is 6.09 Å². The van der Waals surface area contributed by atoms with Crippen LogP contribution in [0.15, 0.2) is 0 Å². The van der Waals surface area contributed by atoms with Gasteiger partial charge < -0.3 is 10.1 Å². The molecule has 6 heteroatoms. The fraction of sp³-hybridized carbons (Fsp3) is 0.800. The second kappa shape index (κ2) is 6.44. The van der Waals surface area contributed by atoms with Crippen molar-refractivity contribution in [1.29, 1.82) is 0 Å². The molecule has 1 heterocycles. The van der Waals surface area contributed by atoms with Crippen molar-refractivity contribution in [2.24, 2.45) is 0 Å². The van der Waals surface area contributed by atoms with Crippen LogP contribution >= 0.6 is 0 Å². The zero-order valence-electron chi connectivity index (χ0n) is 9.78. The number of rotatable bonds is 3. The van der Waals surface area contributed by atoms with Crippen LogP contribution in [-0.4, -0.2) is 55.7 Å². The zero-order valence-corrected chi connectivity index (χ0v) is 9.78. The third kappa shape index (κ3) is 4.16. The maximum Gasteiger partial charge on any atom is 0.413 e. The van der Waals surface area contributed by atoms with Gasteiger partial charge in [0.15, 0.2) is 0 Å². The van der Waals surface area contributed by atoms with Crippen LogP contribution in [0.3, 0.4) is 0 Å². The van der Waals surface area contributed by atoms with Crippen LogP contribution in [0.25, 0.3) is 0 Å². The van der Waals surface area contributed by atoms with Crippen LogP contribution in [0.2, 0.25) is 0 Å². The zero-order chi connectivity index (χ0) is 12.0. The highest BCUT2D eigenvalue weighted by molar-refractivity contribution is 5.92. The van der Waals surface area contributed by atoms with E-state index in [1.54, 1.807) is 6.92 Å². The van der Waals surface area contributed by atoms with Crippen molar-refractivity contribution in [1.82, 2.24) is 15.5 Å². The second-order valence-electron chi connectivity index (χ2n) is 3.79. The number of piperazine rings is 1. The number of carbonyl (C=O) groups is 2. The van der Waals surface area contributed by atoms with E-state index < -0.39 is 6.09 Å². The molecule has 1 fully saturated rings. The Hall–Kier alpha value is -1.14. The first kappa shape index (κ1) is 12.9. The van der Waals surface area contributed by atoms with Gasteiger partial charge in [0.25, 0.3) is 0 Å². The lowest BCUT2D eigenvalue weighted by atomic mass is 10.2. The maximum absolute atomic E-state index is 11.5. The van der Waals surface area contributed by atoms with E-state index in [0.717, 1.165) is 19.6 Å². The normalized spacial score (nSPS) is 21.5. The standard InChI is InChI=1S/C10H19N3O3/c1-3-16-10(15)12-9(14)7-13-5-4-11-6-8(13)2/h8,11H,3-7H2,1-2H3,(H,12,14,15). The molecule has 1 aliphatic heterocycles. The van der Waals surface area contributed by atoms with Gasteiger partial charge in [-0.3, -0.25) is 15.0 Å². The van der Waals surface area contributed by atoms with Crippen molar-refractivity contribution in [2.75, 3.05) is 32.8 Å². The van der Waals surface area contributed by atoms with E-state index in [4.69, 9.17) is 0 Å². The highest BCUT2D eigenvalue weighted by atomic mass is 16.5. The average Bonchev–Trinajstić information content (AvgIpc) is 2.21. The predicted molar refractivity (Wildman–Crippen MR) is 59.1 cm³/mol. The summed E-state index contributed by atoms with van der Waals surface area (Å²) in [5.41, 5.74) is 0. The van der Waals surface area contributed by atoms with Crippen molar-refractivity contribution in [2.45, 2.75) is 19.9 Å². The summed E-state index contributed by atoms with van der Waals surface area (Å²) in [6.07, 6.45) is -0.671. The largest absolute Gasteiger partial charge is 0.450 e. The number of carbonyl (C=O) groups excluding carboxylic acids is 2. The van der Waals surface area contributed by atoms with E-state index in [1.807, 2.05) is 11.8 Å². The summed E-state index contributed by atoms with van der Waals surface area (Å²) >= 11 is 0. The Balaban J connectivity index is 2.30. The molecule has 2 N–H and O–H groups in total. The highest BCUT2D eigenvalue weighted by Gasteiger charge is 2.21. The predicted octanol–water partition coefficient (Wildman–Crippen LogP) is -0.447. The van der Waals surface area contributed by atoms with Crippen LogP contribution in [0.1, 0.15) is 13.8 Å². The van der Waals surface area contributed by atoms with E-state index in [2.05, 4.69) is 15.4 Å². The molecule has 2 amide bonds. The Morgan fingerprint density at radius 1 is 1.56 bits per heavy atom. The molecule has 0 aromatic rings. The van der Waals surface area contributed by atoms with Crippen molar-refractivity contribution >= 4 is 12.0 Å². The first-order valence-electron chi connectivity index (χ1n) is 5.55. The van der Waals surface area contributed by atoms with E-state index in [0.29, 0.717) is 6.04 Å². The molecule has 0 aromatic heterocycles. The van der Waals surface area contributed by atoms with Crippen molar-refractivity contribution in [3.8, 4) is 0 Å². The minimum absolute atomic E-state index is 0.238. The number of alkyl carbamates (subject to hydrolysis) is 1. The van der Waals surface area contributed by atoms with Crippen LogP contribution in [-0.2, 0) is 9.53 Å². The molecular formula is C10H19N3O3. The monoisotopic (exact) mass is 229 g/mol. The molecule has 16 heavy (non-hydrogen) atoms. The number of ether oxygens (including phenoxy) is 1. The molecule has 0 bridgehead atoms. The SMILES string of the molecule is CCOC(=O)NC(=O)CN1CCNCC1C. The summed E-state index contributed by atoms with van der Waals surface area (Å²) in [5.74, 6) is -0.313. The summed E-state index contributed by atoms with van der Waals surface area (Å²) in [7, 11) is 0. The minimum atomic E-state index is -0.671. The van der Waals surface area contributed by atoms with E-state index in [1.165, 1.54) is 0 Å². The fourth-order valence-electron chi connectivity index (χ4n) is 1.62. The smallest absolute Gasteiger partial charge is 0.413 e. The van der Waals surface area contributed by atoms with Gasteiger partial charge in [-0.25, -0.2) is 4.79 Å². The molecule has 0 aliphatic carbocycles. The summed E-state index contributed by atoms with van der Waals surface area (Å²) in [6, 6.07) is 0.307. The molecule has 0 radical (unpaired) electrons. The molecule has 1 rings (SSSR count). The highest BCUT2D eigenvalue weighted by Crippen LogP contribution is 2.00. The number of imide groups is 1. The second-order valence-corrected chi connectivity index (χ2v) is 3.79. The lowest BCUT2D eigenvalue weighted by Gasteiger charge is -2.32. The summed E-state index contributed by atoms with van der Waals surface area (Å²) in [5, 5.41) is 5.42. The Kier molecular flexibility index (Phi) is 5.21. The topological polar surface area (TPSA) is 70.7 Å². The van der Waals surface area contributed by atoms with Crippen molar-refractivity contribution in [3.63, 3.8) is 0 Å². The van der Waals surface area contributed by atoms with Crippen molar-refractivity contribution < 1.29 is 14.3 Å². The Bertz CT molecular complexity index is 258. The fourth-order valence-corrected chi connectivity index (χ4v) is 1.62. The van der Waals surface area contributed by atoms with Gasteiger partial charge in [0.2, 0.25) is 5.91 Å². The Morgan fingerprint density at radius 3 is 2.94 bits per heavy atom. The number of hydrogen-bond donors (Lipinski definition) is 2. The van der Waals surface area contributed by atoms with E-state index in [9.17, 15) is 9.59 Å². The molecule has 6 nitrogen and oxygen atoms in total. The first-order valence-corrected chi connectivity index (χ1v) is 5.55. The van der Waals surface area contributed by atoms with Gasteiger partial charge in [-0.2, -0.15) is 0 Å². The van der Waals surface area contributed by atoms with Gasteiger partial charge in [0, 0.05) is 25.7 Å². The molecule has 92 valence electrons. The lowest BCUT2D eigenvalue weighted by molar-refractivity contribution is -0.122. The van der Waals surface area contributed by atoms with Crippen LogP contribution < -0.4 is 10.6 Å². The minimum Gasteiger partial charge on any atom is -0.450 e. The molecule has 0 aromatic carbocycles. The molecule has 1 saturated heterocycles. The van der Waals surface area contributed by atoms with Gasteiger partial charge in [0.05, 0.1) is 13.2 Å². The quantitative estimate of drug-likeness (QED) is 0.686. The lowest BCUT2D eigenvalue weighted by Crippen LogP contribution is -2.53.